The maximum absolute atomic E-state index is 11.9. The van der Waals surface area contributed by atoms with Gasteiger partial charge in [0.25, 0.3) is 11.6 Å². The molecule has 2 aromatic carbocycles. The van der Waals surface area contributed by atoms with E-state index in [0.717, 1.165) is 5.75 Å². The van der Waals surface area contributed by atoms with E-state index in [9.17, 15) is 19.7 Å². The van der Waals surface area contributed by atoms with E-state index in [4.69, 9.17) is 9.47 Å². The summed E-state index contributed by atoms with van der Waals surface area (Å²) in [6.45, 7) is 2.84. The summed E-state index contributed by atoms with van der Waals surface area (Å²) in [5.41, 5.74) is 4.64. The van der Waals surface area contributed by atoms with E-state index in [1.165, 1.54) is 24.3 Å². The highest BCUT2D eigenvalue weighted by molar-refractivity contribution is 5.95. The molecular formula is C19H21N3O6. The molecule has 0 fully saturated rings. The first-order valence-electron chi connectivity index (χ1n) is 8.69. The molecule has 148 valence electrons. The lowest BCUT2D eigenvalue weighted by Gasteiger charge is -2.09. The Balaban J connectivity index is 1.65. The molecule has 0 spiro atoms. The highest BCUT2D eigenvalue weighted by Crippen LogP contribution is 2.17. The minimum atomic E-state index is -0.561. The molecule has 28 heavy (non-hydrogen) atoms. The van der Waals surface area contributed by atoms with Gasteiger partial charge in [-0.05, 0) is 49.7 Å². The van der Waals surface area contributed by atoms with Gasteiger partial charge in [-0.25, -0.2) is 0 Å². The third-order valence-electron chi connectivity index (χ3n) is 3.61. The third-order valence-corrected chi connectivity index (χ3v) is 3.61. The summed E-state index contributed by atoms with van der Waals surface area (Å²) < 4.78 is 10.9. The Kier molecular flexibility index (Phi) is 7.77. The average molecular weight is 387 g/mol. The van der Waals surface area contributed by atoms with Gasteiger partial charge >= 0.3 is 0 Å². The molecule has 0 aliphatic heterocycles. The molecule has 0 atom stereocenters. The van der Waals surface area contributed by atoms with Gasteiger partial charge in [0.15, 0.2) is 0 Å². The summed E-state index contributed by atoms with van der Waals surface area (Å²) in [7, 11) is 0. The van der Waals surface area contributed by atoms with Crippen molar-refractivity contribution < 1.29 is 24.0 Å². The van der Waals surface area contributed by atoms with E-state index in [1.54, 1.807) is 24.3 Å². The number of nitro groups is 1. The van der Waals surface area contributed by atoms with Crippen molar-refractivity contribution in [3.8, 4) is 11.5 Å². The summed E-state index contributed by atoms with van der Waals surface area (Å²) in [5, 5.41) is 10.6. The van der Waals surface area contributed by atoms with Gasteiger partial charge in [0.05, 0.1) is 18.1 Å². The van der Waals surface area contributed by atoms with Gasteiger partial charge in [-0.15, -0.1) is 0 Å². The van der Waals surface area contributed by atoms with Crippen LogP contribution in [0, 0.1) is 10.1 Å². The van der Waals surface area contributed by atoms with Gasteiger partial charge in [0.1, 0.15) is 11.5 Å². The van der Waals surface area contributed by atoms with E-state index in [0.29, 0.717) is 25.4 Å². The number of ether oxygens (including phenoxy) is 2. The Bertz CT molecular complexity index is 805. The minimum Gasteiger partial charge on any atom is -0.494 e. The third kappa shape index (κ3) is 6.60. The van der Waals surface area contributed by atoms with Crippen molar-refractivity contribution in [2.24, 2.45) is 0 Å². The summed E-state index contributed by atoms with van der Waals surface area (Å²) >= 11 is 0. The van der Waals surface area contributed by atoms with Crippen LogP contribution in [0.2, 0.25) is 0 Å². The summed E-state index contributed by atoms with van der Waals surface area (Å²) in [4.78, 5) is 33.7. The van der Waals surface area contributed by atoms with E-state index >= 15 is 0 Å². The number of amides is 2. The van der Waals surface area contributed by atoms with Crippen LogP contribution in [0.4, 0.5) is 5.69 Å². The van der Waals surface area contributed by atoms with Crippen molar-refractivity contribution in [3.63, 3.8) is 0 Å². The number of carbonyl (C=O) groups excluding carboxylic acids is 2. The van der Waals surface area contributed by atoms with Crippen LogP contribution in [0.3, 0.4) is 0 Å². The number of hydrazine groups is 1. The maximum Gasteiger partial charge on any atom is 0.269 e. The monoisotopic (exact) mass is 387 g/mol. The van der Waals surface area contributed by atoms with Gasteiger partial charge in [-0.3, -0.25) is 30.6 Å². The van der Waals surface area contributed by atoms with Crippen molar-refractivity contribution in [2.45, 2.75) is 19.8 Å². The molecule has 0 aromatic heterocycles. The van der Waals surface area contributed by atoms with E-state index in [2.05, 4.69) is 10.9 Å². The molecule has 2 aromatic rings. The normalized spacial score (nSPS) is 10.0. The Morgan fingerprint density at radius 3 is 2.14 bits per heavy atom. The van der Waals surface area contributed by atoms with Crippen LogP contribution in [0.15, 0.2) is 48.5 Å². The Hall–Kier alpha value is -3.62. The zero-order valence-corrected chi connectivity index (χ0v) is 15.3. The highest BCUT2D eigenvalue weighted by Gasteiger charge is 2.10. The lowest BCUT2D eigenvalue weighted by atomic mass is 10.2. The molecule has 0 saturated heterocycles. The molecule has 0 bridgehead atoms. The second kappa shape index (κ2) is 10.5. The second-order valence-corrected chi connectivity index (χ2v) is 5.66. The first-order chi connectivity index (χ1) is 13.5. The predicted octanol–water partition coefficient (Wildman–Crippen LogP) is 2.61. The first kappa shape index (κ1) is 20.7. The van der Waals surface area contributed by atoms with Crippen molar-refractivity contribution in [3.05, 3.63) is 64.2 Å². The van der Waals surface area contributed by atoms with Crippen LogP contribution >= 0.6 is 0 Å². The van der Waals surface area contributed by atoms with Crippen LogP contribution in [-0.2, 0) is 4.79 Å². The molecule has 0 radical (unpaired) electrons. The number of nitrogens with zero attached hydrogens (tertiary/aromatic N) is 1. The van der Waals surface area contributed by atoms with Crippen molar-refractivity contribution >= 4 is 17.5 Å². The van der Waals surface area contributed by atoms with Gasteiger partial charge in [0.2, 0.25) is 5.91 Å². The number of nitrogens with one attached hydrogen (secondary N) is 2. The Morgan fingerprint density at radius 1 is 0.964 bits per heavy atom. The van der Waals surface area contributed by atoms with Crippen LogP contribution < -0.4 is 20.3 Å². The zero-order chi connectivity index (χ0) is 20.4. The number of non-ortho nitro benzene ring substituents is 1. The van der Waals surface area contributed by atoms with E-state index in [-0.39, 0.29) is 23.6 Å². The standard InChI is InChI=1S/C19H21N3O6/c1-2-27-16-9-11-17(12-10-16)28-13-3-4-18(23)20-21-19(24)14-5-7-15(8-6-14)22(25)26/h5-12H,2-4,13H2,1H3,(H,20,23)(H,21,24). The van der Waals surface area contributed by atoms with E-state index in [1.807, 2.05) is 6.92 Å². The number of rotatable bonds is 9. The smallest absolute Gasteiger partial charge is 0.269 e. The number of nitro benzene ring substituents is 1. The van der Waals surface area contributed by atoms with Crippen LogP contribution in [-0.4, -0.2) is 30.0 Å². The fourth-order valence-corrected chi connectivity index (χ4v) is 2.22. The number of carbonyl (C=O) groups is 2. The molecule has 2 amide bonds. The average Bonchev–Trinajstić information content (AvgIpc) is 2.71. The Morgan fingerprint density at radius 2 is 1.57 bits per heavy atom. The number of hydrogen-bond acceptors (Lipinski definition) is 6. The molecule has 0 aliphatic carbocycles. The van der Waals surface area contributed by atoms with Crippen molar-refractivity contribution in [2.75, 3.05) is 13.2 Å². The Labute approximate surface area is 161 Å². The molecule has 2 N–H and O–H groups in total. The quantitative estimate of drug-likeness (QED) is 0.388. The van der Waals surface area contributed by atoms with Crippen LogP contribution in [0.5, 0.6) is 11.5 Å². The number of benzene rings is 2. The van der Waals surface area contributed by atoms with Crippen LogP contribution in [0.25, 0.3) is 0 Å². The molecule has 0 aliphatic rings. The van der Waals surface area contributed by atoms with E-state index < -0.39 is 10.8 Å². The summed E-state index contributed by atoms with van der Waals surface area (Å²) in [5.74, 6) is 0.507. The van der Waals surface area contributed by atoms with Gasteiger partial charge in [-0.1, -0.05) is 0 Å². The largest absolute Gasteiger partial charge is 0.494 e. The van der Waals surface area contributed by atoms with Gasteiger partial charge in [0, 0.05) is 24.1 Å². The summed E-state index contributed by atoms with van der Waals surface area (Å²) in [6.07, 6.45) is 0.629. The maximum atomic E-state index is 11.9. The molecule has 9 nitrogen and oxygen atoms in total. The lowest BCUT2D eigenvalue weighted by Crippen LogP contribution is -2.41. The topological polar surface area (TPSA) is 120 Å². The van der Waals surface area contributed by atoms with Crippen molar-refractivity contribution in [1.29, 1.82) is 0 Å². The van der Waals surface area contributed by atoms with Gasteiger partial charge < -0.3 is 9.47 Å². The molecule has 0 unspecified atom stereocenters. The number of hydrogen-bond donors (Lipinski definition) is 2. The van der Waals surface area contributed by atoms with Crippen LogP contribution in [0.1, 0.15) is 30.1 Å². The molecule has 0 saturated carbocycles. The first-order valence-corrected chi connectivity index (χ1v) is 8.69. The fourth-order valence-electron chi connectivity index (χ4n) is 2.22. The molecular weight excluding hydrogens is 366 g/mol. The molecule has 2 rings (SSSR count). The van der Waals surface area contributed by atoms with Gasteiger partial charge in [-0.2, -0.15) is 0 Å². The second-order valence-electron chi connectivity index (χ2n) is 5.66. The van der Waals surface area contributed by atoms with Crippen molar-refractivity contribution in [1.82, 2.24) is 10.9 Å². The summed E-state index contributed by atoms with van der Waals surface area (Å²) in [6, 6.07) is 12.2. The predicted molar refractivity (Wildman–Crippen MR) is 101 cm³/mol. The minimum absolute atomic E-state index is 0.117. The molecule has 0 heterocycles. The fraction of sp³-hybridized carbons (Fsp3) is 0.263. The molecule has 9 heteroatoms. The zero-order valence-electron chi connectivity index (χ0n) is 15.3. The highest BCUT2D eigenvalue weighted by atomic mass is 16.6. The SMILES string of the molecule is CCOc1ccc(OCCCC(=O)NNC(=O)c2ccc([N+](=O)[O-])cc2)cc1. The lowest BCUT2D eigenvalue weighted by molar-refractivity contribution is -0.384.